The molecule has 0 unspecified atom stereocenters. The van der Waals surface area contributed by atoms with E-state index in [1.54, 1.807) is 7.11 Å². The summed E-state index contributed by atoms with van der Waals surface area (Å²) in [6.07, 6.45) is 0.542. The fourth-order valence-electron chi connectivity index (χ4n) is 5.49. The van der Waals surface area contributed by atoms with Gasteiger partial charge in [-0.3, -0.25) is 10.2 Å². The Morgan fingerprint density at radius 3 is 2.54 bits per heavy atom. The molecule has 1 amide bonds. The zero-order valence-corrected chi connectivity index (χ0v) is 28.1. The molecule has 0 fully saturated rings. The number of benzene rings is 4. The first-order chi connectivity index (χ1) is 23.5. The lowest BCUT2D eigenvalue weighted by Gasteiger charge is -2.31. The van der Waals surface area contributed by atoms with Crippen LogP contribution in [-0.4, -0.2) is 49.3 Å². The van der Waals surface area contributed by atoms with E-state index in [2.05, 4.69) is 36.8 Å². The minimum absolute atomic E-state index is 0.0478. The minimum Gasteiger partial charge on any atom is -0.497 e. The molecule has 11 nitrogen and oxygen atoms in total. The summed E-state index contributed by atoms with van der Waals surface area (Å²) in [5, 5.41) is 12.9. The fraction of sp³-hybridized carbons (Fsp3) is 0.278. The average Bonchev–Trinajstić information content (AvgIpc) is 3.50. The number of methoxy groups -OCH3 is 1. The molecule has 4 aromatic rings. The Bertz CT molecular complexity index is 1760. The van der Waals surface area contributed by atoms with Gasteiger partial charge in [0.1, 0.15) is 11.5 Å². The van der Waals surface area contributed by atoms with E-state index in [0.717, 1.165) is 32.5 Å². The highest BCUT2D eigenvalue weighted by molar-refractivity contribution is 9.10. The Morgan fingerprint density at radius 2 is 1.81 bits per heavy atom. The summed E-state index contributed by atoms with van der Waals surface area (Å²) < 4.78 is 18.6. The predicted molar refractivity (Wildman–Crippen MR) is 187 cm³/mol. The van der Waals surface area contributed by atoms with Crippen LogP contribution in [-0.2, 0) is 28.9 Å². The van der Waals surface area contributed by atoms with Crippen LogP contribution in [0.4, 0.5) is 0 Å². The topological polar surface area (TPSA) is 150 Å². The average molecular weight is 714 g/mol. The molecule has 1 heterocycles. The second-order valence-corrected chi connectivity index (χ2v) is 12.1. The van der Waals surface area contributed by atoms with Crippen LogP contribution in [0.5, 0.6) is 11.5 Å². The van der Waals surface area contributed by atoms with Gasteiger partial charge in [0.2, 0.25) is 5.90 Å². The molecule has 5 rings (SSSR count). The Labute approximate surface area is 287 Å². The third kappa shape index (κ3) is 8.53. The quantitative estimate of drug-likeness (QED) is 0.0403. The summed E-state index contributed by atoms with van der Waals surface area (Å²) in [7, 11) is 1.63. The van der Waals surface area contributed by atoms with Crippen LogP contribution in [0.3, 0.4) is 0 Å². The van der Waals surface area contributed by atoms with Crippen LogP contribution in [0.15, 0.2) is 112 Å². The maximum Gasteiger partial charge on any atom is 0.266 e. The maximum atomic E-state index is 14.5. The number of aliphatic hydroxyl groups is 1. The first-order valence-electron chi connectivity index (χ1n) is 15.6. The number of halogens is 1. The smallest absolute Gasteiger partial charge is 0.266 e. The monoisotopic (exact) mass is 712 g/mol. The van der Waals surface area contributed by atoms with Crippen molar-refractivity contribution < 1.29 is 24.1 Å². The van der Waals surface area contributed by atoms with E-state index in [-0.39, 0.29) is 25.5 Å². The van der Waals surface area contributed by atoms with Crippen molar-refractivity contribution in [1.82, 2.24) is 10.9 Å². The molecule has 48 heavy (non-hydrogen) atoms. The lowest BCUT2D eigenvalue weighted by atomic mass is 9.81. The van der Waals surface area contributed by atoms with Gasteiger partial charge in [-0.2, -0.15) is 0 Å². The number of aliphatic imine (C=N–C) groups is 1. The van der Waals surface area contributed by atoms with Crippen LogP contribution in [0, 0.1) is 0 Å². The number of nitrogens with one attached hydrogen (secondary N) is 2. The summed E-state index contributed by atoms with van der Waals surface area (Å²) in [4.78, 5) is 22.6. The molecule has 0 saturated heterocycles. The van der Waals surface area contributed by atoms with Crippen LogP contribution < -0.4 is 20.3 Å². The van der Waals surface area contributed by atoms with Gasteiger partial charge in [-0.25, -0.2) is 10.4 Å². The molecule has 3 N–H and O–H groups in total. The van der Waals surface area contributed by atoms with Gasteiger partial charge in [-0.15, -0.1) is 0 Å². The van der Waals surface area contributed by atoms with Gasteiger partial charge in [-0.1, -0.05) is 69.6 Å². The number of rotatable bonds is 16. The summed E-state index contributed by atoms with van der Waals surface area (Å²) >= 11 is 3.51. The number of hydrogen-bond donors (Lipinski definition) is 3. The molecule has 12 heteroatoms. The lowest BCUT2D eigenvalue weighted by Crippen LogP contribution is -2.54. The molecule has 0 radical (unpaired) electrons. The third-order valence-electron chi connectivity index (χ3n) is 7.96. The van der Waals surface area contributed by atoms with Gasteiger partial charge in [0.25, 0.3) is 5.91 Å². The highest BCUT2D eigenvalue weighted by Crippen LogP contribution is 2.43. The molecule has 0 spiro atoms. The predicted octanol–water partition coefficient (Wildman–Crippen LogP) is 6.39. The molecular formula is C36H37BrN6O5. The number of hydrazine groups is 1. The van der Waals surface area contributed by atoms with E-state index < -0.39 is 11.6 Å². The number of hydrogen-bond acceptors (Lipinski definition) is 8. The molecule has 2 atom stereocenters. The summed E-state index contributed by atoms with van der Waals surface area (Å²) in [5.74, 6) is 1.34. The second kappa shape index (κ2) is 16.8. The van der Waals surface area contributed by atoms with Crippen molar-refractivity contribution >= 4 is 27.7 Å². The third-order valence-corrected chi connectivity index (χ3v) is 8.49. The number of amides is 1. The van der Waals surface area contributed by atoms with E-state index >= 15 is 0 Å². The largest absolute Gasteiger partial charge is 0.497 e. The highest BCUT2D eigenvalue weighted by atomic mass is 79.9. The van der Waals surface area contributed by atoms with Crippen molar-refractivity contribution in [3.8, 4) is 11.5 Å². The minimum atomic E-state index is -1.45. The SMILES string of the molecule is COc1cccc(CCNNC(=O)[C@@]2(Cc3ccccc3CN=[N+]=[N-])N=C(c3ccc(OCCCO)cc3)O[C@H]2c2ccc(Br)cc2)c1. The first kappa shape index (κ1) is 34.5. The van der Waals surface area contributed by atoms with E-state index in [1.165, 1.54) is 0 Å². The van der Waals surface area contributed by atoms with Gasteiger partial charge >= 0.3 is 0 Å². The van der Waals surface area contributed by atoms with Crippen LogP contribution in [0.2, 0.25) is 0 Å². The number of ether oxygens (including phenoxy) is 3. The molecular weight excluding hydrogens is 676 g/mol. The number of aliphatic hydroxyl groups excluding tert-OH is 1. The lowest BCUT2D eigenvalue weighted by molar-refractivity contribution is -0.130. The number of azide groups is 1. The molecule has 0 bridgehead atoms. The second-order valence-electron chi connectivity index (χ2n) is 11.2. The van der Waals surface area contributed by atoms with Crippen molar-refractivity contribution in [3.05, 3.63) is 140 Å². The van der Waals surface area contributed by atoms with Gasteiger partial charge in [0.15, 0.2) is 11.6 Å². The van der Waals surface area contributed by atoms with Crippen LogP contribution >= 0.6 is 15.9 Å². The molecule has 1 aliphatic heterocycles. The van der Waals surface area contributed by atoms with E-state index in [9.17, 15) is 4.79 Å². The van der Waals surface area contributed by atoms with E-state index in [0.29, 0.717) is 43.2 Å². The molecule has 248 valence electrons. The summed E-state index contributed by atoms with van der Waals surface area (Å²) in [6.45, 7) is 1.02. The first-order valence-corrected chi connectivity index (χ1v) is 16.3. The molecule has 4 aromatic carbocycles. The number of carbonyl (C=O) groups excluding carboxylic acids is 1. The van der Waals surface area contributed by atoms with Crippen LogP contribution in [0.25, 0.3) is 10.4 Å². The van der Waals surface area contributed by atoms with E-state index in [4.69, 9.17) is 29.8 Å². The maximum absolute atomic E-state index is 14.5. The Morgan fingerprint density at radius 1 is 1.04 bits per heavy atom. The molecule has 0 aromatic heterocycles. The molecule has 1 aliphatic rings. The Balaban J connectivity index is 1.51. The molecule has 0 aliphatic carbocycles. The van der Waals surface area contributed by atoms with Gasteiger partial charge in [0, 0.05) is 40.9 Å². The summed E-state index contributed by atoms with van der Waals surface area (Å²) in [5.41, 5.74) is 17.7. The standard InChI is InChI=1S/C36H37BrN6O5/c1-46-32-9-4-6-25(22-32)18-19-39-42-35(45)36(23-28-7-2-3-8-29(28)24-40-43-38)33(26-10-14-30(37)15-11-26)48-34(41-36)27-12-16-31(17-13-27)47-21-5-20-44/h2-4,6-17,22,33,39,44H,5,18-21,23-24H2,1H3,(H,42,45)/t33-,36-/m0/s1. The van der Waals surface area contributed by atoms with Gasteiger partial charge in [0.05, 0.1) is 20.3 Å². The van der Waals surface area contributed by atoms with E-state index in [1.807, 2.05) is 97.1 Å². The Hall–Kier alpha value is -4.87. The van der Waals surface area contributed by atoms with Crippen molar-refractivity contribution in [2.45, 2.75) is 37.5 Å². The number of nitrogens with zero attached hydrogens (tertiary/aromatic N) is 4. The van der Waals surface area contributed by atoms with Crippen molar-refractivity contribution in [2.75, 3.05) is 26.9 Å². The van der Waals surface area contributed by atoms with Crippen molar-refractivity contribution in [1.29, 1.82) is 0 Å². The number of carbonyl (C=O) groups is 1. The fourth-order valence-corrected chi connectivity index (χ4v) is 5.75. The van der Waals surface area contributed by atoms with Crippen molar-refractivity contribution in [2.24, 2.45) is 10.1 Å². The van der Waals surface area contributed by atoms with Crippen molar-refractivity contribution in [3.63, 3.8) is 0 Å². The normalized spacial score (nSPS) is 16.7. The zero-order chi connectivity index (χ0) is 33.8. The van der Waals surface area contributed by atoms with Gasteiger partial charge in [-0.05, 0) is 82.7 Å². The summed E-state index contributed by atoms with van der Waals surface area (Å²) in [6, 6.07) is 30.2. The highest BCUT2D eigenvalue weighted by Gasteiger charge is 2.53. The van der Waals surface area contributed by atoms with Gasteiger partial charge < -0.3 is 19.3 Å². The Kier molecular flexibility index (Phi) is 12.1. The van der Waals surface area contributed by atoms with Crippen LogP contribution in [0.1, 0.15) is 40.3 Å². The zero-order valence-electron chi connectivity index (χ0n) is 26.5. The molecule has 0 saturated carbocycles.